The zero-order chi connectivity index (χ0) is 12.7. The first-order valence-electron chi connectivity index (χ1n) is 6.59. The van der Waals surface area contributed by atoms with Crippen LogP contribution in [0.5, 0.6) is 0 Å². The second-order valence-electron chi connectivity index (χ2n) is 5.11. The van der Waals surface area contributed by atoms with Crippen molar-refractivity contribution in [2.24, 2.45) is 5.92 Å². The number of benzene rings is 1. The Balaban J connectivity index is 2.58. The summed E-state index contributed by atoms with van der Waals surface area (Å²) in [5.74, 6) is 0.726. The Labute approximate surface area is 111 Å². The van der Waals surface area contributed by atoms with Crippen molar-refractivity contribution < 1.29 is 0 Å². The predicted molar refractivity (Wildman–Crippen MR) is 76.7 cm³/mol. The molecule has 1 N–H and O–H groups in total. The minimum Gasteiger partial charge on any atom is -0.314 e. The van der Waals surface area contributed by atoms with Crippen molar-refractivity contribution in [3.63, 3.8) is 0 Å². The van der Waals surface area contributed by atoms with Crippen molar-refractivity contribution in [2.75, 3.05) is 6.54 Å². The van der Waals surface area contributed by atoms with E-state index in [0.29, 0.717) is 6.04 Å². The minimum absolute atomic E-state index is 0.563. The van der Waals surface area contributed by atoms with Gasteiger partial charge in [0.25, 0.3) is 0 Å². The van der Waals surface area contributed by atoms with Crippen LogP contribution in [-0.2, 0) is 6.42 Å². The van der Waals surface area contributed by atoms with Gasteiger partial charge in [0.05, 0.1) is 0 Å². The van der Waals surface area contributed by atoms with Crippen molar-refractivity contribution in [3.05, 3.63) is 34.9 Å². The van der Waals surface area contributed by atoms with Crippen LogP contribution in [0.15, 0.2) is 24.3 Å². The average Bonchev–Trinajstić information content (AvgIpc) is 2.25. The van der Waals surface area contributed by atoms with Gasteiger partial charge in [-0.05, 0) is 49.4 Å². The van der Waals surface area contributed by atoms with Gasteiger partial charge in [0.1, 0.15) is 0 Å². The molecular formula is C15H24ClN. The highest BCUT2D eigenvalue weighted by Gasteiger charge is 2.10. The lowest BCUT2D eigenvalue weighted by atomic mass is 9.97. The number of hydrogen-bond donors (Lipinski definition) is 1. The Kier molecular flexibility index (Phi) is 6.61. The fourth-order valence-corrected chi connectivity index (χ4v) is 2.32. The lowest BCUT2D eigenvalue weighted by Crippen LogP contribution is -2.33. The SMILES string of the molecule is CCCNC(Cc1cccc(Cl)c1)CC(C)C. The van der Waals surface area contributed by atoms with Gasteiger partial charge >= 0.3 is 0 Å². The highest BCUT2D eigenvalue weighted by molar-refractivity contribution is 6.30. The molecule has 0 saturated heterocycles. The summed E-state index contributed by atoms with van der Waals surface area (Å²) >= 11 is 6.02. The normalized spacial score (nSPS) is 13.0. The summed E-state index contributed by atoms with van der Waals surface area (Å²) < 4.78 is 0. The van der Waals surface area contributed by atoms with Gasteiger partial charge in [0.15, 0.2) is 0 Å². The maximum atomic E-state index is 6.02. The van der Waals surface area contributed by atoms with E-state index in [1.165, 1.54) is 18.4 Å². The number of rotatable bonds is 7. The van der Waals surface area contributed by atoms with Crippen LogP contribution in [0.4, 0.5) is 0 Å². The molecule has 0 heterocycles. The molecule has 1 rings (SSSR count). The third-order valence-electron chi connectivity index (χ3n) is 2.81. The molecule has 2 heteroatoms. The van der Waals surface area contributed by atoms with Crippen LogP contribution >= 0.6 is 11.6 Å². The summed E-state index contributed by atoms with van der Waals surface area (Å²) in [7, 11) is 0. The second kappa shape index (κ2) is 7.73. The zero-order valence-corrected chi connectivity index (χ0v) is 11.9. The van der Waals surface area contributed by atoms with Crippen molar-refractivity contribution in [3.8, 4) is 0 Å². The van der Waals surface area contributed by atoms with Crippen molar-refractivity contribution in [2.45, 2.75) is 46.1 Å². The van der Waals surface area contributed by atoms with Gasteiger partial charge in [-0.1, -0.05) is 44.5 Å². The molecule has 1 aromatic rings. The largest absolute Gasteiger partial charge is 0.314 e. The van der Waals surface area contributed by atoms with Crippen LogP contribution in [0.25, 0.3) is 0 Å². The Morgan fingerprint density at radius 2 is 2.06 bits per heavy atom. The maximum Gasteiger partial charge on any atom is 0.0408 e. The summed E-state index contributed by atoms with van der Waals surface area (Å²) in [5.41, 5.74) is 1.33. The Bertz CT molecular complexity index is 322. The van der Waals surface area contributed by atoms with E-state index in [2.05, 4.69) is 38.2 Å². The predicted octanol–water partition coefficient (Wildman–Crippen LogP) is 4.30. The summed E-state index contributed by atoms with van der Waals surface area (Å²) in [6.45, 7) is 7.86. The number of halogens is 1. The molecule has 0 bridgehead atoms. The molecule has 0 aliphatic rings. The van der Waals surface area contributed by atoms with Crippen molar-refractivity contribution >= 4 is 11.6 Å². The molecule has 0 fully saturated rings. The average molecular weight is 254 g/mol. The smallest absolute Gasteiger partial charge is 0.0408 e. The van der Waals surface area contributed by atoms with E-state index in [1.807, 2.05) is 12.1 Å². The van der Waals surface area contributed by atoms with Crippen LogP contribution in [0.3, 0.4) is 0 Å². The van der Waals surface area contributed by atoms with E-state index in [1.54, 1.807) is 0 Å². The summed E-state index contributed by atoms with van der Waals surface area (Å²) in [6, 6.07) is 8.76. The van der Waals surface area contributed by atoms with Gasteiger partial charge in [-0.3, -0.25) is 0 Å². The second-order valence-corrected chi connectivity index (χ2v) is 5.55. The Morgan fingerprint density at radius 3 is 2.65 bits per heavy atom. The first-order valence-corrected chi connectivity index (χ1v) is 6.97. The maximum absolute atomic E-state index is 6.02. The molecule has 0 aliphatic carbocycles. The van der Waals surface area contributed by atoms with Gasteiger partial charge in [-0.15, -0.1) is 0 Å². The van der Waals surface area contributed by atoms with Gasteiger partial charge in [-0.2, -0.15) is 0 Å². The molecule has 96 valence electrons. The fourth-order valence-electron chi connectivity index (χ4n) is 2.10. The molecule has 1 aromatic carbocycles. The van der Waals surface area contributed by atoms with Crippen LogP contribution in [0.1, 0.15) is 39.2 Å². The molecule has 17 heavy (non-hydrogen) atoms. The van der Waals surface area contributed by atoms with Crippen molar-refractivity contribution in [1.29, 1.82) is 0 Å². The lowest BCUT2D eigenvalue weighted by molar-refractivity contribution is 0.416. The van der Waals surface area contributed by atoms with Crippen LogP contribution in [0, 0.1) is 5.92 Å². The van der Waals surface area contributed by atoms with Gasteiger partial charge in [0, 0.05) is 11.1 Å². The van der Waals surface area contributed by atoms with Gasteiger partial charge in [0.2, 0.25) is 0 Å². The molecule has 1 unspecified atom stereocenters. The van der Waals surface area contributed by atoms with Crippen LogP contribution in [0.2, 0.25) is 5.02 Å². The molecule has 0 radical (unpaired) electrons. The third kappa shape index (κ3) is 6.09. The van der Waals surface area contributed by atoms with Gasteiger partial charge < -0.3 is 5.32 Å². The third-order valence-corrected chi connectivity index (χ3v) is 3.05. The minimum atomic E-state index is 0.563. The van der Waals surface area contributed by atoms with E-state index in [0.717, 1.165) is 23.9 Å². The molecule has 1 nitrogen and oxygen atoms in total. The van der Waals surface area contributed by atoms with Crippen molar-refractivity contribution in [1.82, 2.24) is 5.32 Å². The van der Waals surface area contributed by atoms with E-state index in [9.17, 15) is 0 Å². The van der Waals surface area contributed by atoms with E-state index < -0.39 is 0 Å². The van der Waals surface area contributed by atoms with E-state index >= 15 is 0 Å². The fraction of sp³-hybridized carbons (Fsp3) is 0.600. The topological polar surface area (TPSA) is 12.0 Å². The number of hydrogen-bond acceptors (Lipinski definition) is 1. The summed E-state index contributed by atoms with van der Waals surface area (Å²) in [5, 5.41) is 4.46. The first kappa shape index (κ1) is 14.5. The Morgan fingerprint density at radius 1 is 1.29 bits per heavy atom. The molecule has 0 amide bonds. The lowest BCUT2D eigenvalue weighted by Gasteiger charge is -2.20. The first-order chi connectivity index (χ1) is 8.11. The van der Waals surface area contributed by atoms with E-state index in [-0.39, 0.29) is 0 Å². The zero-order valence-electron chi connectivity index (χ0n) is 11.2. The Hall–Kier alpha value is -0.530. The molecule has 1 atom stereocenters. The summed E-state index contributed by atoms with van der Waals surface area (Å²) in [6.07, 6.45) is 3.47. The number of nitrogens with one attached hydrogen (secondary N) is 1. The highest BCUT2D eigenvalue weighted by atomic mass is 35.5. The van der Waals surface area contributed by atoms with E-state index in [4.69, 9.17) is 11.6 Å². The van der Waals surface area contributed by atoms with Gasteiger partial charge in [-0.25, -0.2) is 0 Å². The molecule has 0 aromatic heterocycles. The molecule has 0 saturated carbocycles. The summed E-state index contributed by atoms with van der Waals surface area (Å²) in [4.78, 5) is 0. The molecule has 0 aliphatic heterocycles. The monoisotopic (exact) mass is 253 g/mol. The molecule has 0 spiro atoms. The molecular weight excluding hydrogens is 230 g/mol. The highest BCUT2D eigenvalue weighted by Crippen LogP contribution is 2.15. The van der Waals surface area contributed by atoms with Crippen LogP contribution < -0.4 is 5.32 Å². The van der Waals surface area contributed by atoms with Crippen LogP contribution in [-0.4, -0.2) is 12.6 Å². The quantitative estimate of drug-likeness (QED) is 0.764. The standard InChI is InChI=1S/C15H24ClN/c1-4-8-17-15(9-12(2)3)11-13-6-5-7-14(16)10-13/h5-7,10,12,15,17H,4,8-9,11H2,1-3H3.